The topological polar surface area (TPSA) is 41.1 Å². The lowest BCUT2D eigenvalue weighted by Crippen LogP contribution is -2.40. The van der Waals surface area contributed by atoms with Gasteiger partial charge in [-0.15, -0.1) is 0 Å². The molecule has 1 amide bonds. The summed E-state index contributed by atoms with van der Waals surface area (Å²) in [6.45, 7) is 5.89. The van der Waals surface area contributed by atoms with E-state index < -0.39 is 0 Å². The van der Waals surface area contributed by atoms with Gasteiger partial charge in [-0.2, -0.15) is 0 Å². The lowest BCUT2D eigenvalue weighted by atomic mass is 9.96. The number of carbonyl (C=O) groups excluding carboxylic acids is 1. The highest BCUT2D eigenvalue weighted by Gasteiger charge is 2.29. The van der Waals surface area contributed by atoms with Crippen LogP contribution < -0.4 is 10.6 Å². The van der Waals surface area contributed by atoms with Crippen molar-refractivity contribution in [3.63, 3.8) is 0 Å². The fraction of sp³-hybridized carbons (Fsp3) is 0.533. The monoisotopic (exact) mass is 280 g/mol. The second-order valence-corrected chi connectivity index (χ2v) is 5.92. The van der Waals surface area contributed by atoms with E-state index in [1.54, 1.807) is 0 Å². The number of benzene rings is 1. The first-order valence-electron chi connectivity index (χ1n) is 6.82. The molecule has 3 nitrogen and oxygen atoms in total. The molecule has 0 radical (unpaired) electrons. The summed E-state index contributed by atoms with van der Waals surface area (Å²) >= 11 is 5.86. The van der Waals surface area contributed by atoms with Gasteiger partial charge < -0.3 is 10.6 Å². The molecule has 0 aromatic heterocycles. The fourth-order valence-corrected chi connectivity index (χ4v) is 2.66. The first-order chi connectivity index (χ1) is 9.06. The first-order valence-corrected chi connectivity index (χ1v) is 7.19. The van der Waals surface area contributed by atoms with E-state index in [2.05, 4.69) is 17.6 Å². The molecule has 1 fully saturated rings. The van der Waals surface area contributed by atoms with Gasteiger partial charge in [0, 0.05) is 17.6 Å². The number of rotatable bonds is 4. The number of nitrogens with one attached hydrogen (secondary N) is 2. The van der Waals surface area contributed by atoms with Gasteiger partial charge in [0.15, 0.2) is 0 Å². The molecule has 19 heavy (non-hydrogen) atoms. The summed E-state index contributed by atoms with van der Waals surface area (Å²) in [6, 6.07) is 7.92. The van der Waals surface area contributed by atoms with Crippen LogP contribution in [0.4, 0.5) is 0 Å². The molecule has 1 saturated heterocycles. The molecule has 4 heteroatoms. The van der Waals surface area contributed by atoms with Crippen LogP contribution in [0, 0.1) is 11.8 Å². The molecule has 0 aliphatic carbocycles. The van der Waals surface area contributed by atoms with Crippen molar-refractivity contribution in [3.8, 4) is 0 Å². The van der Waals surface area contributed by atoms with Crippen LogP contribution in [0.25, 0.3) is 0 Å². The minimum absolute atomic E-state index is 0.104. The van der Waals surface area contributed by atoms with Gasteiger partial charge in [0.1, 0.15) is 0 Å². The molecule has 104 valence electrons. The van der Waals surface area contributed by atoms with Gasteiger partial charge in [0.25, 0.3) is 0 Å². The minimum Gasteiger partial charge on any atom is -0.353 e. The van der Waals surface area contributed by atoms with Crippen LogP contribution in [-0.2, 0) is 11.2 Å². The van der Waals surface area contributed by atoms with Crippen molar-refractivity contribution in [2.45, 2.75) is 26.3 Å². The Hall–Kier alpha value is -1.06. The number of hydrogen-bond donors (Lipinski definition) is 2. The van der Waals surface area contributed by atoms with E-state index in [-0.39, 0.29) is 17.9 Å². The molecular formula is C15H21ClN2O. The summed E-state index contributed by atoms with van der Waals surface area (Å²) in [7, 11) is 0. The highest BCUT2D eigenvalue weighted by Crippen LogP contribution is 2.16. The molecule has 1 aromatic carbocycles. The van der Waals surface area contributed by atoms with Crippen molar-refractivity contribution in [2.24, 2.45) is 11.8 Å². The molecule has 1 aromatic rings. The predicted molar refractivity (Wildman–Crippen MR) is 78.3 cm³/mol. The number of hydrogen-bond acceptors (Lipinski definition) is 2. The molecule has 3 unspecified atom stereocenters. The molecule has 0 saturated carbocycles. The number of halogens is 1. The maximum atomic E-state index is 12.1. The average molecular weight is 281 g/mol. The molecule has 0 bridgehead atoms. The second kappa shape index (κ2) is 6.40. The average Bonchev–Trinajstić information content (AvgIpc) is 2.78. The van der Waals surface area contributed by atoms with Crippen molar-refractivity contribution < 1.29 is 4.79 Å². The SMILES string of the molecule is CC(Cc1ccc(Cl)cc1)NC(=O)C1CNCC1C. The third kappa shape index (κ3) is 3.95. The molecule has 2 N–H and O–H groups in total. The van der Waals surface area contributed by atoms with Gasteiger partial charge in [0.05, 0.1) is 5.92 Å². The van der Waals surface area contributed by atoms with Gasteiger partial charge in [-0.3, -0.25) is 4.79 Å². The zero-order valence-corrected chi connectivity index (χ0v) is 12.2. The molecule has 0 spiro atoms. The molecule has 2 rings (SSSR count). The highest BCUT2D eigenvalue weighted by atomic mass is 35.5. The van der Waals surface area contributed by atoms with E-state index >= 15 is 0 Å². The van der Waals surface area contributed by atoms with Gasteiger partial charge in [0.2, 0.25) is 5.91 Å². The third-order valence-corrected chi connectivity index (χ3v) is 3.95. The quantitative estimate of drug-likeness (QED) is 0.888. The van der Waals surface area contributed by atoms with Crippen molar-refractivity contribution in [1.29, 1.82) is 0 Å². The lowest BCUT2D eigenvalue weighted by Gasteiger charge is -2.19. The largest absolute Gasteiger partial charge is 0.353 e. The minimum atomic E-state index is 0.104. The maximum Gasteiger partial charge on any atom is 0.224 e. The van der Waals surface area contributed by atoms with Crippen LogP contribution in [0.3, 0.4) is 0 Å². The normalized spacial score (nSPS) is 24.2. The Morgan fingerprint density at radius 1 is 1.42 bits per heavy atom. The Labute approximate surface area is 119 Å². The molecule has 1 heterocycles. The van der Waals surface area contributed by atoms with Crippen LogP contribution in [0.5, 0.6) is 0 Å². The summed E-state index contributed by atoms with van der Waals surface area (Å²) in [5.74, 6) is 0.689. The van der Waals surface area contributed by atoms with Crippen LogP contribution in [-0.4, -0.2) is 25.0 Å². The Kier molecular flexibility index (Phi) is 4.83. The Morgan fingerprint density at radius 2 is 2.11 bits per heavy atom. The predicted octanol–water partition coefficient (Wildman–Crippen LogP) is 2.24. The van der Waals surface area contributed by atoms with Crippen LogP contribution in [0.1, 0.15) is 19.4 Å². The van der Waals surface area contributed by atoms with E-state index in [4.69, 9.17) is 11.6 Å². The van der Waals surface area contributed by atoms with E-state index in [9.17, 15) is 4.79 Å². The summed E-state index contributed by atoms with van der Waals surface area (Å²) in [6.07, 6.45) is 0.831. The Balaban J connectivity index is 1.85. The summed E-state index contributed by atoms with van der Waals surface area (Å²) in [5.41, 5.74) is 1.19. The van der Waals surface area contributed by atoms with Crippen molar-refractivity contribution in [1.82, 2.24) is 10.6 Å². The fourth-order valence-electron chi connectivity index (χ4n) is 2.54. The molecule has 3 atom stereocenters. The van der Waals surface area contributed by atoms with Crippen LogP contribution in [0.15, 0.2) is 24.3 Å². The standard InChI is InChI=1S/C15H21ClN2O/c1-10-8-17-9-14(10)15(19)18-11(2)7-12-3-5-13(16)6-4-12/h3-6,10-11,14,17H,7-9H2,1-2H3,(H,18,19). The van der Waals surface area contributed by atoms with E-state index in [1.807, 2.05) is 31.2 Å². The molecule has 1 aliphatic rings. The van der Waals surface area contributed by atoms with Gasteiger partial charge in [-0.25, -0.2) is 0 Å². The number of amides is 1. The van der Waals surface area contributed by atoms with Gasteiger partial charge >= 0.3 is 0 Å². The van der Waals surface area contributed by atoms with E-state index in [0.717, 1.165) is 24.5 Å². The lowest BCUT2D eigenvalue weighted by molar-refractivity contribution is -0.126. The zero-order chi connectivity index (χ0) is 13.8. The van der Waals surface area contributed by atoms with Crippen molar-refractivity contribution in [3.05, 3.63) is 34.9 Å². The van der Waals surface area contributed by atoms with Crippen LogP contribution >= 0.6 is 11.6 Å². The third-order valence-electron chi connectivity index (χ3n) is 3.70. The first kappa shape index (κ1) is 14.4. The summed E-state index contributed by atoms with van der Waals surface area (Å²) in [4.78, 5) is 12.1. The summed E-state index contributed by atoms with van der Waals surface area (Å²) < 4.78 is 0. The van der Waals surface area contributed by atoms with E-state index in [0.29, 0.717) is 5.92 Å². The smallest absolute Gasteiger partial charge is 0.224 e. The zero-order valence-electron chi connectivity index (χ0n) is 11.4. The number of carbonyl (C=O) groups is 1. The summed E-state index contributed by atoms with van der Waals surface area (Å²) in [5, 5.41) is 7.10. The second-order valence-electron chi connectivity index (χ2n) is 5.48. The highest BCUT2D eigenvalue weighted by molar-refractivity contribution is 6.30. The van der Waals surface area contributed by atoms with Gasteiger partial charge in [-0.1, -0.05) is 30.7 Å². The Bertz CT molecular complexity index is 432. The molecular weight excluding hydrogens is 260 g/mol. The molecule has 1 aliphatic heterocycles. The van der Waals surface area contributed by atoms with E-state index in [1.165, 1.54) is 5.56 Å². The maximum absolute atomic E-state index is 12.1. The van der Waals surface area contributed by atoms with Gasteiger partial charge in [-0.05, 0) is 43.5 Å². The van der Waals surface area contributed by atoms with Crippen LogP contribution in [0.2, 0.25) is 5.02 Å². The Morgan fingerprint density at radius 3 is 2.68 bits per heavy atom. The van der Waals surface area contributed by atoms with Crippen molar-refractivity contribution >= 4 is 17.5 Å². The van der Waals surface area contributed by atoms with Crippen molar-refractivity contribution in [2.75, 3.05) is 13.1 Å².